The molecule has 0 aliphatic heterocycles. The molecule has 2 N–H and O–H groups in total. The molecule has 2 unspecified atom stereocenters. The molecule has 0 amide bonds. The maximum Gasteiger partial charge on any atom is 0.127 e. The van der Waals surface area contributed by atoms with E-state index in [-0.39, 0.29) is 6.04 Å². The summed E-state index contributed by atoms with van der Waals surface area (Å²) in [4.78, 5) is 0. The lowest BCUT2D eigenvalue weighted by Crippen LogP contribution is -2.18. The Hall–Kier alpha value is -1.37. The summed E-state index contributed by atoms with van der Waals surface area (Å²) < 4.78 is 23.5. The van der Waals surface area contributed by atoms with Gasteiger partial charge in [0.2, 0.25) is 0 Å². The van der Waals surface area contributed by atoms with E-state index in [1.165, 1.54) is 11.3 Å². The molecule has 0 aliphatic rings. The topological polar surface area (TPSA) is 61.5 Å². The minimum absolute atomic E-state index is 0.348. The summed E-state index contributed by atoms with van der Waals surface area (Å²) in [5.41, 5.74) is 6.99. The molecule has 0 aliphatic carbocycles. The summed E-state index contributed by atoms with van der Waals surface area (Å²) in [5, 5.41) is 1.91. The van der Waals surface area contributed by atoms with Crippen molar-refractivity contribution in [1.82, 2.24) is 0 Å². The summed E-state index contributed by atoms with van der Waals surface area (Å²) in [7, 11) is 2.09. The number of benzene rings is 1. The van der Waals surface area contributed by atoms with Gasteiger partial charge in [0.25, 0.3) is 0 Å². The molecule has 1 aromatic heterocycles. The van der Waals surface area contributed by atoms with Gasteiger partial charge in [-0.25, -0.2) is 0 Å². The molecule has 0 fully saturated rings. The van der Waals surface area contributed by atoms with E-state index < -0.39 is 10.8 Å². The van der Waals surface area contributed by atoms with Crippen molar-refractivity contribution in [3.63, 3.8) is 0 Å². The zero-order valence-electron chi connectivity index (χ0n) is 11.4. The van der Waals surface area contributed by atoms with Gasteiger partial charge in [-0.05, 0) is 17.5 Å². The number of rotatable bonds is 6. The second kappa shape index (κ2) is 6.88. The first kappa shape index (κ1) is 15.0. The maximum absolute atomic E-state index is 12.2. The highest BCUT2D eigenvalue weighted by atomic mass is 32.2. The van der Waals surface area contributed by atoms with Crippen LogP contribution in [-0.4, -0.2) is 24.2 Å². The van der Waals surface area contributed by atoms with Crippen LogP contribution in [-0.2, 0) is 10.8 Å². The standard InChI is InChI=1S/C14H17NO3S2/c1-17-10-5-6-11(13(8-10)18-2)12(15)9-20(16)14-4-3-7-19-14/h3-8,12H,9,15H2,1-2H3. The fraction of sp³-hybridized carbons (Fsp3) is 0.286. The van der Waals surface area contributed by atoms with Crippen LogP contribution in [0.4, 0.5) is 0 Å². The van der Waals surface area contributed by atoms with Crippen molar-refractivity contribution in [3.8, 4) is 11.5 Å². The smallest absolute Gasteiger partial charge is 0.127 e. The Morgan fingerprint density at radius 3 is 2.70 bits per heavy atom. The molecule has 6 heteroatoms. The zero-order valence-corrected chi connectivity index (χ0v) is 13.0. The van der Waals surface area contributed by atoms with Crippen LogP contribution in [0.3, 0.4) is 0 Å². The quantitative estimate of drug-likeness (QED) is 0.890. The predicted octanol–water partition coefficient (Wildman–Crippen LogP) is 2.57. The first-order valence-electron chi connectivity index (χ1n) is 6.05. The van der Waals surface area contributed by atoms with Gasteiger partial charge in [0.1, 0.15) is 11.5 Å². The Morgan fingerprint density at radius 1 is 1.30 bits per heavy atom. The molecule has 1 aromatic carbocycles. The largest absolute Gasteiger partial charge is 0.497 e. The normalized spacial score (nSPS) is 13.8. The van der Waals surface area contributed by atoms with E-state index in [1.807, 2.05) is 29.6 Å². The number of hydrogen-bond donors (Lipinski definition) is 1. The van der Waals surface area contributed by atoms with Crippen LogP contribution in [0.5, 0.6) is 11.5 Å². The van der Waals surface area contributed by atoms with Crippen LogP contribution in [0.2, 0.25) is 0 Å². The molecular formula is C14H17NO3S2. The van der Waals surface area contributed by atoms with Gasteiger partial charge >= 0.3 is 0 Å². The van der Waals surface area contributed by atoms with Crippen LogP contribution in [0.1, 0.15) is 11.6 Å². The summed E-state index contributed by atoms with van der Waals surface area (Å²) in [6.07, 6.45) is 0. The molecule has 4 nitrogen and oxygen atoms in total. The van der Waals surface area contributed by atoms with Gasteiger partial charge in [-0.15, -0.1) is 11.3 Å². The number of methoxy groups -OCH3 is 2. The van der Waals surface area contributed by atoms with Crippen LogP contribution >= 0.6 is 11.3 Å². The van der Waals surface area contributed by atoms with Crippen molar-refractivity contribution in [2.45, 2.75) is 10.3 Å². The van der Waals surface area contributed by atoms with Crippen LogP contribution in [0, 0.1) is 0 Å². The highest BCUT2D eigenvalue weighted by Crippen LogP contribution is 2.29. The van der Waals surface area contributed by atoms with E-state index in [0.29, 0.717) is 17.3 Å². The molecule has 0 saturated carbocycles. The van der Waals surface area contributed by atoms with E-state index in [0.717, 1.165) is 9.77 Å². The zero-order chi connectivity index (χ0) is 14.5. The molecule has 2 aromatic rings. The van der Waals surface area contributed by atoms with Crippen LogP contribution in [0.15, 0.2) is 39.9 Å². The molecule has 2 atom stereocenters. The van der Waals surface area contributed by atoms with Gasteiger partial charge in [0.05, 0.1) is 29.2 Å². The number of ether oxygens (including phenoxy) is 2. The Labute approximate surface area is 125 Å². The first-order chi connectivity index (χ1) is 9.65. The van der Waals surface area contributed by atoms with Crippen LogP contribution in [0.25, 0.3) is 0 Å². The van der Waals surface area contributed by atoms with Crippen molar-refractivity contribution in [1.29, 1.82) is 0 Å². The second-order valence-corrected chi connectivity index (χ2v) is 6.83. The summed E-state index contributed by atoms with van der Waals surface area (Å²) in [5.74, 6) is 1.72. The molecule has 108 valence electrons. The molecule has 0 spiro atoms. The van der Waals surface area contributed by atoms with Crippen LogP contribution < -0.4 is 15.2 Å². The SMILES string of the molecule is COc1ccc(C(N)CS(=O)c2cccs2)c(OC)c1. The van der Waals surface area contributed by atoms with Crippen molar-refractivity contribution >= 4 is 22.1 Å². The van der Waals surface area contributed by atoms with Crippen molar-refractivity contribution in [3.05, 3.63) is 41.3 Å². The molecule has 0 radical (unpaired) electrons. The van der Waals surface area contributed by atoms with E-state index in [9.17, 15) is 4.21 Å². The van der Waals surface area contributed by atoms with Gasteiger partial charge < -0.3 is 15.2 Å². The number of hydrogen-bond acceptors (Lipinski definition) is 5. The monoisotopic (exact) mass is 311 g/mol. The summed E-state index contributed by atoms with van der Waals surface area (Å²) in [6.45, 7) is 0. The Bertz CT molecular complexity index is 584. The lowest BCUT2D eigenvalue weighted by molar-refractivity contribution is 0.389. The fourth-order valence-electron chi connectivity index (χ4n) is 1.85. The second-order valence-electron chi connectivity index (χ2n) is 4.16. The lowest BCUT2D eigenvalue weighted by Gasteiger charge is -2.16. The minimum atomic E-state index is -1.09. The van der Waals surface area contributed by atoms with E-state index in [1.54, 1.807) is 20.3 Å². The Balaban J connectivity index is 2.16. The number of nitrogens with two attached hydrogens (primary N) is 1. The average molecular weight is 311 g/mol. The molecule has 0 bridgehead atoms. The minimum Gasteiger partial charge on any atom is -0.497 e. The highest BCUT2D eigenvalue weighted by Gasteiger charge is 2.17. The molecular weight excluding hydrogens is 294 g/mol. The van der Waals surface area contributed by atoms with Gasteiger partial charge in [0.15, 0.2) is 0 Å². The van der Waals surface area contributed by atoms with Crippen molar-refractivity contribution < 1.29 is 13.7 Å². The highest BCUT2D eigenvalue weighted by molar-refractivity contribution is 7.87. The van der Waals surface area contributed by atoms with E-state index >= 15 is 0 Å². The van der Waals surface area contributed by atoms with Crippen molar-refractivity contribution in [2.75, 3.05) is 20.0 Å². The average Bonchev–Trinajstić information content (AvgIpc) is 3.00. The van der Waals surface area contributed by atoms with Gasteiger partial charge in [-0.3, -0.25) is 4.21 Å². The first-order valence-corrected chi connectivity index (χ1v) is 8.25. The number of thiophene rings is 1. The van der Waals surface area contributed by atoms with E-state index in [4.69, 9.17) is 15.2 Å². The molecule has 2 rings (SSSR count). The lowest BCUT2D eigenvalue weighted by atomic mass is 10.1. The predicted molar refractivity (Wildman–Crippen MR) is 82.1 cm³/mol. The maximum atomic E-state index is 12.2. The van der Waals surface area contributed by atoms with E-state index in [2.05, 4.69) is 0 Å². The fourth-order valence-corrected chi connectivity index (χ4v) is 4.00. The summed E-state index contributed by atoms with van der Waals surface area (Å²) >= 11 is 1.48. The van der Waals surface area contributed by atoms with Gasteiger partial charge in [0, 0.05) is 23.4 Å². The third-order valence-corrected chi connectivity index (χ3v) is 5.65. The molecule has 1 heterocycles. The summed E-state index contributed by atoms with van der Waals surface area (Å²) in [6, 6.07) is 8.86. The molecule has 20 heavy (non-hydrogen) atoms. The molecule has 0 saturated heterocycles. The van der Waals surface area contributed by atoms with Crippen molar-refractivity contribution in [2.24, 2.45) is 5.73 Å². The Morgan fingerprint density at radius 2 is 2.10 bits per heavy atom. The third-order valence-electron chi connectivity index (χ3n) is 2.89. The van der Waals surface area contributed by atoms with Gasteiger partial charge in [-0.1, -0.05) is 12.1 Å². The Kier molecular flexibility index (Phi) is 5.17. The van der Waals surface area contributed by atoms with Gasteiger partial charge in [-0.2, -0.15) is 0 Å². The third kappa shape index (κ3) is 3.39.